The van der Waals surface area contributed by atoms with Gasteiger partial charge in [-0.1, -0.05) is 11.3 Å². The summed E-state index contributed by atoms with van der Waals surface area (Å²) in [6, 6.07) is 0. The molecule has 11 heteroatoms. The highest BCUT2D eigenvalue weighted by atomic mass is 32.1. The van der Waals surface area contributed by atoms with Gasteiger partial charge in [0.15, 0.2) is 0 Å². The molecule has 0 amide bonds. The number of tetrazole rings is 1. The van der Waals surface area contributed by atoms with Gasteiger partial charge < -0.3 is 4.74 Å². The van der Waals surface area contributed by atoms with Crippen LogP contribution in [0, 0.1) is 5.95 Å². The quantitative estimate of drug-likeness (QED) is 0.664. The van der Waals surface area contributed by atoms with Crippen molar-refractivity contribution in [3.05, 3.63) is 39.7 Å². The topological polar surface area (TPSA) is 101 Å². The smallest absolute Gasteiger partial charge is 0.368 e. The van der Waals surface area contributed by atoms with Gasteiger partial charge in [0.1, 0.15) is 12.3 Å². The molecule has 9 nitrogen and oxygen atoms in total. The Morgan fingerprint density at radius 1 is 1.52 bits per heavy atom. The second-order valence-corrected chi connectivity index (χ2v) is 4.65. The number of hydrogen-bond acceptors (Lipinski definition) is 8. The van der Waals surface area contributed by atoms with E-state index < -0.39 is 11.6 Å². The first-order valence-corrected chi connectivity index (χ1v) is 6.48. The molecule has 3 aromatic rings. The third kappa shape index (κ3) is 2.50. The monoisotopic (exact) mass is 311 g/mol. The van der Waals surface area contributed by atoms with E-state index in [1.165, 1.54) is 18.6 Å². The van der Waals surface area contributed by atoms with E-state index in [4.69, 9.17) is 6.11 Å². The Kier molecular flexibility index (Phi) is 3.08. The van der Waals surface area contributed by atoms with Gasteiger partial charge in [0.2, 0.25) is 5.95 Å². The van der Waals surface area contributed by atoms with Crippen LogP contribution < -0.4 is 10.4 Å². The standard InChI is InChI=1S/C10H8FN7O2S/c1-17-10(19)18(16-15-17)7-4-13-14-8(11)6(7)5-20-9-12-2-3-21-9/h2-4H,5H2,1H3/i2T. The van der Waals surface area contributed by atoms with Crippen molar-refractivity contribution in [2.75, 3.05) is 0 Å². The van der Waals surface area contributed by atoms with Crippen LogP contribution in [0.3, 0.4) is 0 Å². The number of halogens is 1. The van der Waals surface area contributed by atoms with E-state index in [-0.39, 0.29) is 29.2 Å². The Labute approximate surface area is 122 Å². The molecule has 108 valence electrons. The van der Waals surface area contributed by atoms with E-state index in [2.05, 4.69) is 25.6 Å². The average Bonchev–Trinajstić information content (AvgIpc) is 3.05. The molecule has 0 spiro atoms. The van der Waals surface area contributed by atoms with Crippen LogP contribution in [-0.2, 0) is 13.7 Å². The molecule has 0 saturated heterocycles. The summed E-state index contributed by atoms with van der Waals surface area (Å²) in [7, 11) is 1.42. The van der Waals surface area contributed by atoms with Crippen LogP contribution in [0.4, 0.5) is 4.39 Å². The van der Waals surface area contributed by atoms with Crippen LogP contribution in [0.25, 0.3) is 5.69 Å². The van der Waals surface area contributed by atoms with Gasteiger partial charge in [0.25, 0.3) is 5.19 Å². The summed E-state index contributed by atoms with van der Waals surface area (Å²) in [5.41, 5.74) is -0.496. The number of hydrogen-bond donors (Lipinski definition) is 0. The predicted molar refractivity (Wildman–Crippen MR) is 68.6 cm³/mol. The molecule has 0 radical (unpaired) electrons. The zero-order valence-corrected chi connectivity index (χ0v) is 11.4. The first-order chi connectivity index (χ1) is 10.6. The van der Waals surface area contributed by atoms with Gasteiger partial charge in [-0.3, -0.25) is 0 Å². The zero-order chi connectivity index (χ0) is 15.7. The van der Waals surface area contributed by atoms with Crippen LogP contribution in [-0.4, -0.2) is 35.0 Å². The van der Waals surface area contributed by atoms with Crippen LogP contribution in [0.2, 0.25) is 0 Å². The molecule has 21 heavy (non-hydrogen) atoms. The number of aromatic nitrogens is 7. The molecule has 3 aromatic heterocycles. The fourth-order valence-electron chi connectivity index (χ4n) is 1.54. The molecule has 0 aromatic carbocycles. The van der Waals surface area contributed by atoms with Crippen molar-refractivity contribution in [1.82, 2.24) is 35.0 Å². The first kappa shape index (κ1) is 12.1. The highest BCUT2D eigenvalue weighted by molar-refractivity contribution is 7.11. The Morgan fingerprint density at radius 3 is 3.05 bits per heavy atom. The zero-order valence-electron chi connectivity index (χ0n) is 11.6. The summed E-state index contributed by atoms with van der Waals surface area (Å²) in [5.74, 6) is -0.891. The number of thiazole rings is 1. The molecule has 0 N–H and O–H groups in total. The van der Waals surface area contributed by atoms with Gasteiger partial charge >= 0.3 is 5.69 Å². The second-order valence-electron chi connectivity index (χ2n) is 3.83. The van der Waals surface area contributed by atoms with Crippen LogP contribution in [0.1, 0.15) is 6.93 Å². The van der Waals surface area contributed by atoms with E-state index in [9.17, 15) is 9.18 Å². The lowest BCUT2D eigenvalue weighted by atomic mass is 10.2. The third-order valence-electron chi connectivity index (χ3n) is 2.54. The summed E-state index contributed by atoms with van der Waals surface area (Å²) in [5, 5.41) is 15.6. The second kappa shape index (κ2) is 5.36. The predicted octanol–water partition coefficient (Wildman–Crippen LogP) is -0.0694. The largest absolute Gasteiger partial charge is 0.465 e. The molecule has 3 heterocycles. The van der Waals surface area contributed by atoms with Crippen molar-refractivity contribution in [2.24, 2.45) is 7.05 Å². The van der Waals surface area contributed by atoms with E-state index in [0.29, 0.717) is 0 Å². The Morgan fingerprint density at radius 2 is 2.38 bits per heavy atom. The molecule has 0 aliphatic heterocycles. The van der Waals surface area contributed by atoms with Gasteiger partial charge in [-0.2, -0.15) is 18.9 Å². The van der Waals surface area contributed by atoms with E-state index in [1.54, 1.807) is 0 Å². The first-order valence-electron chi connectivity index (χ1n) is 6.10. The van der Waals surface area contributed by atoms with Gasteiger partial charge in [-0.15, -0.1) is 5.10 Å². The maximum atomic E-state index is 13.9. The van der Waals surface area contributed by atoms with Gasteiger partial charge in [-0.25, -0.2) is 9.78 Å². The summed E-state index contributed by atoms with van der Waals surface area (Å²) < 4.78 is 28.4. The van der Waals surface area contributed by atoms with Crippen molar-refractivity contribution in [3.63, 3.8) is 0 Å². The van der Waals surface area contributed by atoms with Crippen LogP contribution >= 0.6 is 11.3 Å². The highest BCUT2D eigenvalue weighted by Gasteiger charge is 2.17. The minimum atomic E-state index is -0.891. The lowest BCUT2D eigenvalue weighted by molar-refractivity contribution is 0.294. The molecule has 0 fully saturated rings. The third-order valence-corrected chi connectivity index (χ3v) is 3.18. The number of aryl methyl sites for hydroxylation is 1. The average molecular weight is 311 g/mol. The normalized spacial score (nSPS) is 11.4. The summed E-state index contributed by atoms with van der Waals surface area (Å²) in [4.78, 5) is 15.6. The lowest BCUT2D eigenvalue weighted by Gasteiger charge is -2.07. The summed E-state index contributed by atoms with van der Waals surface area (Å²) >= 11 is 1.10. The molecule has 3 rings (SSSR count). The number of nitrogens with zero attached hydrogens (tertiary/aromatic N) is 7. The maximum Gasteiger partial charge on any atom is 0.368 e. The van der Waals surface area contributed by atoms with E-state index >= 15 is 0 Å². The van der Waals surface area contributed by atoms with E-state index in [1.807, 2.05) is 0 Å². The molecule has 0 atom stereocenters. The molecular weight excluding hydrogens is 301 g/mol. The van der Waals surface area contributed by atoms with Gasteiger partial charge in [0, 0.05) is 18.6 Å². The fraction of sp³-hybridized carbons (Fsp3) is 0.200. The SMILES string of the molecule is [3H]c1csc(OCc2c(-n3nnn(C)c3=O)cnnc2F)n1. The van der Waals surface area contributed by atoms with Gasteiger partial charge in [-0.05, 0) is 10.4 Å². The number of ether oxygens (including phenoxy) is 1. The van der Waals surface area contributed by atoms with Crippen molar-refractivity contribution in [2.45, 2.75) is 6.61 Å². The Hall–Kier alpha value is -2.69. The van der Waals surface area contributed by atoms with E-state index in [0.717, 1.165) is 20.7 Å². The van der Waals surface area contributed by atoms with Crippen molar-refractivity contribution < 1.29 is 10.5 Å². The van der Waals surface area contributed by atoms with Crippen molar-refractivity contribution in [3.8, 4) is 10.9 Å². The van der Waals surface area contributed by atoms with Crippen molar-refractivity contribution >= 4 is 11.3 Å². The fourth-order valence-corrected chi connectivity index (χ4v) is 1.98. The van der Waals surface area contributed by atoms with Crippen molar-refractivity contribution in [1.29, 1.82) is 0 Å². The summed E-state index contributed by atoms with van der Waals surface area (Å²) in [6.07, 6.45) is 1.24. The minimum absolute atomic E-state index is 0.0145. The van der Waals surface area contributed by atoms with Crippen LogP contribution in [0.15, 0.2) is 22.5 Å². The molecular formula is C10H8FN7O2S. The minimum Gasteiger partial charge on any atom is -0.465 e. The molecule has 0 aliphatic carbocycles. The van der Waals surface area contributed by atoms with Crippen LogP contribution in [0.5, 0.6) is 5.19 Å². The number of rotatable bonds is 4. The molecule has 0 unspecified atom stereocenters. The molecule has 0 bridgehead atoms. The molecule has 0 saturated carbocycles. The summed E-state index contributed by atoms with van der Waals surface area (Å²) in [6.45, 7) is -0.243. The lowest BCUT2D eigenvalue weighted by Crippen LogP contribution is -2.24. The highest BCUT2D eigenvalue weighted by Crippen LogP contribution is 2.19. The molecule has 0 aliphatic rings. The Balaban J connectivity index is 1.96. The Bertz CT molecular complexity index is 876. The maximum absolute atomic E-state index is 13.9. The van der Waals surface area contributed by atoms with Gasteiger partial charge in [0.05, 0.1) is 13.1 Å².